The van der Waals surface area contributed by atoms with Crippen LogP contribution in [0.5, 0.6) is 5.75 Å². The number of methoxy groups -OCH3 is 1. The van der Waals surface area contributed by atoms with Crippen molar-refractivity contribution < 1.29 is 32.4 Å². The molecule has 0 saturated heterocycles. The van der Waals surface area contributed by atoms with Crippen LogP contribution in [0.4, 0.5) is 0 Å². The van der Waals surface area contributed by atoms with Crippen molar-refractivity contribution >= 4 is 32.7 Å². The molecule has 0 aliphatic rings. The lowest BCUT2D eigenvalue weighted by Crippen LogP contribution is -3.00. The third kappa shape index (κ3) is 3.62. The molecule has 108 valence electrons. The van der Waals surface area contributed by atoms with Crippen LogP contribution in [0.3, 0.4) is 0 Å². The number of hydrogen-bond acceptors (Lipinski definition) is 3. The first kappa shape index (κ1) is 16.8. The molecule has 0 radical (unpaired) electrons. The van der Waals surface area contributed by atoms with E-state index >= 15 is 0 Å². The summed E-state index contributed by atoms with van der Waals surface area (Å²) in [6, 6.07) is 9.94. The molecular weight excluding hydrogens is 346 g/mol. The van der Waals surface area contributed by atoms with Gasteiger partial charge in [-0.1, -0.05) is 18.2 Å². The van der Waals surface area contributed by atoms with E-state index in [4.69, 9.17) is 4.74 Å². The Labute approximate surface area is 131 Å². The van der Waals surface area contributed by atoms with Gasteiger partial charge in [0.2, 0.25) is 0 Å². The second-order valence-electron chi connectivity index (χ2n) is 4.05. The van der Waals surface area contributed by atoms with Crippen molar-refractivity contribution in [3.8, 4) is 5.75 Å². The van der Waals surface area contributed by atoms with E-state index in [-0.39, 0.29) is 19.0 Å². The first-order chi connectivity index (χ1) is 9.15. The van der Waals surface area contributed by atoms with Crippen LogP contribution in [0, 0.1) is 0 Å². The zero-order valence-electron chi connectivity index (χ0n) is 11.0. The lowest BCUT2D eigenvalue weighted by molar-refractivity contribution is -0.386. The molecule has 0 aliphatic carbocycles. The second kappa shape index (κ2) is 7.47. The predicted octanol–water partition coefficient (Wildman–Crippen LogP) is -1.10. The Morgan fingerprint density at radius 3 is 2.70 bits per heavy atom. The number of rotatable bonds is 4. The van der Waals surface area contributed by atoms with Crippen molar-refractivity contribution in [1.29, 1.82) is 0 Å². The maximum absolute atomic E-state index is 11.1. The first-order valence-corrected chi connectivity index (χ1v) is 6.65. The predicted molar refractivity (Wildman–Crippen MR) is 75.8 cm³/mol. The molecule has 0 fully saturated rings. The molecule has 2 aromatic rings. The summed E-state index contributed by atoms with van der Waals surface area (Å²) >= 11 is 3.51. The smallest absolute Gasteiger partial charge is 0.343 e. The molecule has 0 aliphatic heterocycles. The third-order valence-corrected chi connectivity index (χ3v) is 3.66. The van der Waals surface area contributed by atoms with Crippen LogP contribution in [0.25, 0.3) is 10.8 Å². The minimum atomic E-state index is -0.403. The summed E-state index contributed by atoms with van der Waals surface area (Å²) in [5.74, 6) is 0.222. The van der Waals surface area contributed by atoms with Crippen LogP contribution in [-0.2, 0) is 16.1 Å². The molecule has 0 bridgehead atoms. The van der Waals surface area contributed by atoms with Gasteiger partial charge < -0.3 is 27.6 Å². The molecule has 2 aromatic carbocycles. The normalized spacial score (nSPS) is 9.95. The monoisotopic (exact) mass is 359 g/mol. The van der Waals surface area contributed by atoms with Crippen molar-refractivity contribution in [3.05, 3.63) is 40.4 Å². The molecule has 0 amide bonds. The molecule has 0 spiro atoms. The Bertz CT molecular complexity index is 619. The van der Waals surface area contributed by atoms with Crippen LogP contribution < -0.4 is 22.9 Å². The van der Waals surface area contributed by atoms with Crippen LogP contribution >= 0.6 is 15.9 Å². The highest BCUT2D eigenvalue weighted by Gasteiger charge is 2.09. The fourth-order valence-corrected chi connectivity index (χ4v) is 2.39. The minimum Gasteiger partial charge on any atom is -1.00 e. The highest BCUT2D eigenvalue weighted by Crippen LogP contribution is 2.33. The van der Waals surface area contributed by atoms with Crippen molar-refractivity contribution in [2.75, 3.05) is 13.7 Å². The molecule has 0 saturated carbocycles. The van der Waals surface area contributed by atoms with Crippen LogP contribution in [0.2, 0.25) is 0 Å². The number of fused-ring (bicyclic) bond motifs is 1. The van der Waals surface area contributed by atoms with Gasteiger partial charge in [-0.3, -0.25) is 0 Å². The summed E-state index contributed by atoms with van der Waals surface area (Å²) in [6.07, 6.45) is 0. The Morgan fingerprint density at radius 1 is 1.30 bits per heavy atom. The number of hydrogen-bond donors (Lipinski definition) is 1. The lowest BCUT2D eigenvalue weighted by atomic mass is 10.1. The number of carbonyl (C=O) groups is 1. The average molecular weight is 361 g/mol. The van der Waals surface area contributed by atoms with E-state index in [1.807, 2.05) is 24.3 Å². The van der Waals surface area contributed by atoms with Gasteiger partial charge in [-0.2, -0.15) is 0 Å². The van der Waals surface area contributed by atoms with Gasteiger partial charge in [0.1, 0.15) is 5.75 Å². The molecular formula is C14H15BrClNO3. The molecule has 20 heavy (non-hydrogen) atoms. The summed E-state index contributed by atoms with van der Waals surface area (Å²) in [6.45, 7) is 0.658. The van der Waals surface area contributed by atoms with E-state index in [2.05, 4.69) is 32.5 Å². The van der Waals surface area contributed by atoms with Gasteiger partial charge in [-0.15, -0.1) is 0 Å². The molecule has 0 atom stereocenters. The number of esters is 1. The number of carbonyl (C=O) groups excluding carboxylic acids is 1. The SMILES string of the molecule is COC(=O)COc1ccc2cc(C[NH3+])ccc2c1Br.[Cl-]. The molecule has 0 unspecified atom stereocenters. The zero-order chi connectivity index (χ0) is 13.8. The van der Waals surface area contributed by atoms with E-state index in [1.54, 1.807) is 0 Å². The van der Waals surface area contributed by atoms with Gasteiger partial charge in [0, 0.05) is 5.56 Å². The summed E-state index contributed by atoms with van der Waals surface area (Å²) in [5.41, 5.74) is 5.06. The fraction of sp³-hybridized carbons (Fsp3) is 0.214. The molecule has 6 heteroatoms. The highest BCUT2D eigenvalue weighted by atomic mass is 79.9. The van der Waals surface area contributed by atoms with Gasteiger partial charge in [-0.05, 0) is 38.8 Å². The summed E-state index contributed by atoms with van der Waals surface area (Å²) in [5, 5.41) is 2.15. The van der Waals surface area contributed by atoms with E-state index < -0.39 is 5.97 Å². The van der Waals surface area contributed by atoms with E-state index in [9.17, 15) is 4.79 Å². The average Bonchev–Trinajstić information content (AvgIpc) is 2.45. The summed E-state index contributed by atoms with van der Waals surface area (Å²) < 4.78 is 10.8. The van der Waals surface area contributed by atoms with Gasteiger partial charge >= 0.3 is 5.97 Å². The van der Waals surface area contributed by atoms with Crippen molar-refractivity contribution in [2.24, 2.45) is 0 Å². The Balaban J connectivity index is 0.00000200. The number of quaternary nitrogens is 1. The van der Waals surface area contributed by atoms with Crippen molar-refractivity contribution in [3.63, 3.8) is 0 Å². The van der Waals surface area contributed by atoms with Crippen molar-refractivity contribution in [2.45, 2.75) is 6.54 Å². The highest BCUT2D eigenvalue weighted by molar-refractivity contribution is 9.10. The van der Waals surface area contributed by atoms with Crippen molar-refractivity contribution in [1.82, 2.24) is 0 Å². The molecule has 0 aromatic heterocycles. The van der Waals surface area contributed by atoms with E-state index in [0.717, 1.165) is 21.8 Å². The quantitative estimate of drug-likeness (QED) is 0.704. The zero-order valence-corrected chi connectivity index (χ0v) is 13.3. The number of halogens is 2. The van der Waals surface area contributed by atoms with Gasteiger partial charge in [0.15, 0.2) is 6.61 Å². The van der Waals surface area contributed by atoms with Crippen LogP contribution in [-0.4, -0.2) is 19.7 Å². The molecule has 4 nitrogen and oxygen atoms in total. The summed E-state index contributed by atoms with van der Waals surface area (Å²) in [7, 11) is 1.33. The molecule has 0 heterocycles. The van der Waals surface area contributed by atoms with Gasteiger partial charge in [0.25, 0.3) is 0 Å². The molecule has 2 rings (SSSR count). The summed E-state index contributed by atoms with van der Waals surface area (Å²) in [4.78, 5) is 11.1. The topological polar surface area (TPSA) is 63.2 Å². The maximum atomic E-state index is 11.1. The lowest BCUT2D eigenvalue weighted by Gasteiger charge is -2.10. The van der Waals surface area contributed by atoms with E-state index in [1.165, 1.54) is 12.7 Å². The van der Waals surface area contributed by atoms with E-state index in [0.29, 0.717) is 5.75 Å². The Morgan fingerprint density at radius 2 is 2.05 bits per heavy atom. The Kier molecular flexibility index (Phi) is 6.26. The number of benzene rings is 2. The maximum Gasteiger partial charge on any atom is 0.343 e. The second-order valence-corrected chi connectivity index (χ2v) is 4.84. The van der Waals surface area contributed by atoms with Crippen LogP contribution in [0.1, 0.15) is 5.56 Å². The first-order valence-electron chi connectivity index (χ1n) is 5.85. The standard InChI is InChI=1S/C14H14BrNO3.ClH/c1-18-13(17)8-19-12-5-3-10-6-9(7-16)2-4-11(10)14(12)15;/h2-6H,7-8,16H2,1H3;1H. The largest absolute Gasteiger partial charge is 1.00 e. The Hall–Kier alpha value is -1.30. The number of ether oxygens (including phenoxy) is 2. The van der Waals surface area contributed by atoms with Gasteiger partial charge in [0.05, 0.1) is 18.1 Å². The molecule has 3 N–H and O–H groups in total. The third-order valence-electron chi connectivity index (χ3n) is 2.84. The van der Waals surface area contributed by atoms with Crippen LogP contribution in [0.15, 0.2) is 34.8 Å². The van der Waals surface area contributed by atoms with Gasteiger partial charge in [-0.25, -0.2) is 4.79 Å². The minimum absolute atomic E-state index is 0. The fourth-order valence-electron chi connectivity index (χ4n) is 1.78.